The average molecular weight is 422 g/mol. The Morgan fingerprint density at radius 3 is 2.52 bits per heavy atom. The normalized spacial score (nSPS) is 15.3. The molecule has 0 atom stereocenters. The molecule has 3 aromatic rings. The quantitative estimate of drug-likeness (QED) is 0.255. The Morgan fingerprint density at radius 2 is 1.76 bits per heavy atom. The van der Waals surface area contributed by atoms with Crippen LogP contribution in [0.25, 0.3) is 6.08 Å². The second-order valence-corrected chi connectivity index (χ2v) is 7.98. The monoisotopic (exact) mass is 421 g/mol. The number of para-hydroxylation sites is 2. The maximum Gasteiger partial charge on any atom is 0.274 e. The predicted molar refractivity (Wildman–Crippen MR) is 119 cm³/mol. The van der Waals surface area contributed by atoms with Crippen molar-refractivity contribution in [2.75, 3.05) is 4.90 Å². The molecule has 1 saturated heterocycles. The molecule has 29 heavy (non-hydrogen) atoms. The van der Waals surface area contributed by atoms with Gasteiger partial charge in [-0.25, -0.2) is 0 Å². The number of nitro groups is 1. The lowest BCUT2D eigenvalue weighted by Crippen LogP contribution is -2.27. The van der Waals surface area contributed by atoms with E-state index in [1.165, 1.54) is 22.7 Å². The first-order chi connectivity index (χ1) is 14.0. The molecule has 1 aliphatic rings. The summed E-state index contributed by atoms with van der Waals surface area (Å²) in [5.41, 5.74) is 2.17. The number of carbonyl (C=O) groups excluding carboxylic acids is 1. The maximum atomic E-state index is 12.9. The molecule has 8 heteroatoms. The highest BCUT2D eigenvalue weighted by atomic mass is 32.2. The van der Waals surface area contributed by atoms with Crippen LogP contribution in [0.15, 0.2) is 77.8 Å². The number of carbonyl (C=O) groups is 1. The number of thiocarbonyl (C=S) groups is 1. The molecular formula is C21H15N3O3S2. The van der Waals surface area contributed by atoms with E-state index >= 15 is 0 Å². The molecule has 4 rings (SSSR count). The first-order valence-electron chi connectivity index (χ1n) is 8.75. The summed E-state index contributed by atoms with van der Waals surface area (Å²) in [6.45, 7) is 0.328. The van der Waals surface area contributed by atoms with Crippen LogP contribution in [0.5, 0.6) is 0 Å². The van der Waals surface area contributed by atoms with Crippen molar-refractivity contribution < 1.29 is 9.72 Å². The second kappa shape index (κ2) is 8.02. The lowest BCUT2D eigenvalue weighted by atomic mass is 10.2. The number of rotatable bonds is 5. The molecular weight excluding hydrogens is 406 g/mol. The standard InChI is InChI=1S/C21H15N3O3S2/c25-20-19(29-21(28)23(20)16-8-2-1-3-9-16)13-17-10-6-12-22(17)14-15-7-4-5-11-18(15)24(26)27/h1-13H,14H2/b19-13+. The summed E-state index contributed by atoms with van der Waals surface area (Å²) in [6.07, 6.45) is 3.61. The van der Waals surface area contributed by atoms with Crippen LogP contribution in [0.2, 0.25) is 0 Å². The van der Waals surface area contributed by atoms with Crippen LogP contribution in [0.3, 0.4) is 0 Å². The summed E-state index contributed by atoms with van der Waals surface area (Å²) >= 11 is 6.65. The largest absolute Gasteiger partial charge is 0.343 e. The topological polar surface area (TPSA) is 68.4 Å². The highest BCUT2D eigenvalue weighted by Crippen LogP contribution is 2.36. The first kappa shape index (κ1) is 19.1. The number of aromatic nitrogens is 1. The molecule has 144 valence electrons. The van der Waals surface area contributed by atoms with Gasteiger partial charge >= 0.3 is 0 Å². The lowest BCUT2D eigenvalue weighted by molar-refractivity contribution is -0.385. The predicted octanol–water partition coefficient (Wildman–Crippen LogP) is 4.85. The number of nitro benzene ring substituents is 1. The molecule has 1 fully saturated rings. The molecule has 0 spiro atoms. The van der Waals surface area contributed by atoms with Gasteiger partial charge < -0.3 is 4.57 Å². The van der Waals surface area contributed by atoms with Gasteiger partial charge in [0.15, 0.2) is 4.32 Å². The molecule has 0 saturated carbocycles. The van der Waals surface area contributed by atoms with E-state index < -0.39 is 0 Å². The molecule has 0 bridgehead atoms. The van der Waals surface area contributed by atoms with Crippen LogP contribution < -0.4 is 4.90 Å². The fourth-order valence-electron chi connectivity index (χ4n) is 3.11. The average Bonchev–Trinajstić information content (AvgIpc) is 3.26. The minimum absolute atomic E-state index is 0.0718. The van der Waals surface area contributed by atoms with Crippen LogP contribution in [0, 0.1) is 10.1 Å². The smallest absolute Gasteiger partial charge is 0.274 e. The molecule has 6 nitrogen and oxygen atoms in total. The van der Waals surface area contributed by atoms with Gasteiger partial charge in [0.05, 0.1) is 22.1 Å². The highest BCUT2D eigenvalue weighted by Gasteiger charge is 2.33. The van der Waals surface area contributed by atoms with Gasteiger partial charge in [-0.05, 0) is 30.3 Å². The Morgan fingerprint density at radius 1 is 1.03 bits per heavy atom. The van der Waals surface area contributed by atoms with E-state index in [4.69, 9.17) is 12.2 Å². The Labute approximate surface area is 176 Å². The molecule has 0 N–H and O–H groups in total. The van der Waals surface area contributed by atoms with E-state index in [2.05, 4.69) is 0 Å². The van der Waals surface area contributed by atoms with Crippen LogP contribution in [0.4, 0.5) is 11.4 Å². The van der Waals surface area contributed by atoms with E-state index in [1.807, 2.05) is 53.2 Å². The van der Waals surface area contributed by atoms with Crippen molar-refractivity contribution in [3.63, 3.8) is 0 Å². The van der Waals surface area contributed by atoms with Gasteiger partial charge in [0, 0.05) is 23.5 Å². The van der Waals surface area contributed by atoms with Gasteiger partial charge in [0.1, 0.15) is 0 Å². The van der Waals surface area contributed by atoms with E-state index in [9.17, 15) is 14.9 Å². The van der Waals surface area contributed by atoms with Crippen molar-refractivity contribution in [2.24, 2.45) is 0 Å². The van der Waals surface area contributed by atoms with Crippen LogP contribution in [-0.4, -0.2) is 19.7 Å². The van der Waals surface area contributed by atoms with E-state index in [-0.39, 0.29) is 16.5 Å². The Balaban J connectivity index is 1.63. The Hall–Kier alpha value is -3.23. The van der Waals surface area contributed by atoms with E-state index in [0.717, 1.165) is 11.4 Å². The van der Waals surface area contributed by atoms with Gasteiger partial charge in [-0.2, -0.15) is 0 Å². The third-order valence-corrected chi connectivity index (χ3v) is 5.78. The lowest BCUT2D eigenvalue weighted by Gasteiger charge is -2.13. The number of hydrogen-bond donors (Lipinski definition) is 0. The van der Waals surface area contributed by atoms with E-state index in [1.54, 1.807) is 24.3 Å². The third kappa shape index (κ3) is 3.85. The van der Waals surface area contributed by atoms with Crippen LogP contribution >= 0.6 is 24.0 Å². The zero-order chi connectivity index (χ0) is 20.4. The SMILES string of the molecule is O=C1/C(=C\c2cccn2Cc2ccccc2[N+](=O)[O-])SC(=S)N1c1ccccc1. The molecule has 0 radical (unpaired) electrons. The third-order valence-electron chi connectivity index (χ3n) is 4.48. The van der Waals surface area contributed by atoms with Crippen molar-refractivity contribution in [3.05, 3.63) is 99.2 Å². The van der Waals surface area contributed by atoms with Crippen LogP contribution in [-0.2, 0) is 11.3 Å². The maximum absolute atomic E-state index is 12.9. The van der Waals surface area contributed by atoms with Crippen molar-refractivity contribution in [1.29, 1.82) is 0 Å². The summed E-state index contributed by atoms with van der Waals surface area (Å²) in [5.74, 6) is -0.176. The van der Waals surface area contributed by atoms with Crippen molar-refractivity contribution in [3.8, 4) is 0 Å². The van der Waals surface area contributed by atoms with Gasteiger partial charge in [-0.1, -0.05) is 60.4 Å². The van der Waals surface area contributed by atoms with E-state index in [0.29, 0.717) is 21.3 Å². The van der Waals surface area contributed by atoms with Gasteiger partial charge in [-0.3, -0.25) is 19.8 Å². The minimum Gasteiger partial charge on any atom is -0.343 e. The number of anilines is 1. The number of benzene rings is 2. The molecule has 2 heterocycles. The van der Waals surface area contributed by atoms with Gasteiger partial charge in [-0.15, -0.1) is 0 Å². The van der Waals surface area contributed by atoms with Crippen molar-refractivity contribution in [2.45, 2.75) is 6.54 Å². The number of thioether (sulfide) groups is 1. The highest BCUT2D eigenvalue weighted by molar-refractivity contribution is 8.27. The molecule has 0 aliphatic carbocycles. The Bertz CT molecular complexity index is 1140. The number of amides is 1. The first-order valence-corrected chi connectivity index (χ1v) is 9.97. The number of nitrogens with zero attached hydrogens (tertiary/aromatic N) is 3. The zero-order valence-corrected chi connectivity index (χ0v) is 16.7. The molecule has 0 unspecified atom stereocenters. The summed E-state index contributed by atoms with van der Waals surface area (Å²) in [7, 11) is 0. The zero-order valence-electron chi connectivity index (χ0n) is 15.1. The molecule has 2 aromatic carbocycles. The summed E-state index contributed by atoms with van der Waals surface area (Å²) in [6, 6.07) is 19.6. The Kier molecular flexibility index (Phi) is 5.28. The fraction of sp³-hybridized carbons (Fsp3) is 0.0476. The second-order valence-electron chi connectivity index (χ2n) is 6.30. The van der Waals surface area contributed by atoms with Crippen LogP contribution in [0.1, 0.15) is 11.3 Å². The minimum atomic E-state index is -0.385. The summed E-state index contributed by atoms with van der Waals surface area (Å²) in [4.78, 5) is 25.8. The van der Waals surface area contributed by atoms with Gasteiger partial charge in [0.25, 0.3) is 11.6 Å². The van der Waals surface area contributed by atoms with Crippen molar-refractivity contribution in [1.82, 2.24) is 4.57 Å². The fourth-order valence-corrected chi connectivity index (χ4v) is 4.39. The number of hydrogen-bond acceptors (Lipinski definition) is 5. The van der Waals surface area contributed by atoms with Gasteiger partial charge in [0.2, 0.25) is 0 Å². The molecule has 1 amide bonds. The summed E-state index contributed by atoms with van der Waals surface area (Å²) < 4.78 is 2.35. The summed E-state index contributed by atoms with van der Waals surface area (Å²) in [5, 5.41) is 11.3. The molecule has 1 aromatic heterocycles. The molecule has 1 aliphatic heterocycles. The van der Waals surface area contributed by atoms with Crippen molar-refractivity contribution >= 4 is 51.7 Å².